The van der Waals surface area contributed by atoms with Crippen molar-refractivity contribution in [3.63, 3.8) is 0 Å². The van der Waals surface area contributed by atoms with Crippen LogP contribution in [0.3, 0.4) is 0 Å². The van der Waals surface area contributed by atoms with Gasteiger partial charge in [-0.25, -0.2) is 8.78 Å². The van der Waals surface area contributed by atoms with E-state index in [1.54, 1.807) is 0 Å². The number of esters is 1. The summed E-state index contributed by atoms with van der Waals surface area (Å²) in [5, 5.41) is 0. The van der Waals surface area contributed by atoms with Crippen molar-refractivity contribution in [2.45, 2.75) is 13.0 Å². The lowest BCUT2D eigenvalue weighted by Gasteiger charge is -2.15. The van der Waals surface area contributed by atoms with Crippen molar-refractivity contribution in [1.29, 1.82) is 0 Å². The van der Waals surface area contributed by atoms with Crippen LogP contribution in [0.1, 0.15) is 12.0 Å². The zero-order chi connectivity index (χ0) is 13.1. The molecule has 1 aliphatic heterocycles. The van der Waals surface area contributed by atoms with Gasteiger partial charge in [-0.15, -0.1) is 0 Å². The van der Waals surface area contributed by atoms with Crippen molar-refractivity contribution in [3.05, 3.63) is 35.4 Å². The van der Waals surface area contributed by atoms with Gasteiger partial charge < -0.3 is 4.74 Å². The van der Waals surface area contributed by atoms with Gasteiger partial charge in [-0.3, -0.25) is 9.69 Å². The fourth-order valence-electron chi connectivity index (χ4n) is 2.23. The smallest absolute Gasteiger partial charge is 0.310 e. The third kappa shape index (κ3) is 2.85. The fraction of sp³-hybridized carbons (Fsp3) is 0.462. The Morgan fingerprint density at radius 3 is 2.94 bits per heavy atom. The van der Waals surface area contributed by atoms with Crippen LogP contribution in [0.15, 0.2) is 18.2 Å². The number of halogens is 2. The molecule has 0 aliphatic carbocycles. The molecule has 1 atom stereocenters. The molecular weight excluding hydrogens is 240 g/mol. The van der Waals surface area contributed by atoms with Crippen molar-refractivity contribution in [3.8, 4) is 0 Å². The minimum Gasteiger partial charge on any atom is -0.469 e. The summed E-state index contributed by atoms with van der Waals surface area (Å²) in [4.78, 5) is 13.3. The van der Waals surface area contributed by atoms with E-state index in [-0.39, 0.29) is 11.9 Å². The molecule has 0 spiro atoms. The zero-order valence-corrected chi connectivity index (χ0v) is 10.2. The van der Waals surface area contributed by atoms with Crippen LogP contribution >= 0.6 is 0 Å². The summed E-state index contributed by atoms with van der Waals surface area (Å²) < 4.78 is 30.9. The molecule has 5 heteroatoms. The van der Waals surface area contributed by atoms with Crippen LogP contribution in [-0.4, -0.2) is 31.1 Å². The molecule has 1 heterocycles. The summed E-state index contributed by atoms with van der Waals surface area (Å²) in [6.45, 7) is 1.67. The number of methoxy groups -OCH3 is 1. The van der Waals surface area contributed by atoms with E-state index in [1.165, 1.54) is 19.2 Å². The van der Waals surface area contributed by atoms with E-state index in [2.05, 4.69) is 4.74 Å². The van der Waals surface area contributed by atoms with Gasteiger partial charge in [0.1, 0.15) is 11.6 Å². The number of carbonyl (C=O) groups excluding carboxylic acids is 1. The molecule has 18 heavy (non-hydrogen) atoms. The topological polar surface area (TPSA) is 29.5 Å². The molecule has 0 bridgehead atoms. The van der Waals surface area contributed by atoms with Gasteiger partial charge in [-0.05, 0) is 19.0 Å². The lowest BCUT2D eigenvalue weighted by atomic mass is 10.1. The Bertz CT molecular complexity index is 451. The first-order valence-electron chi connectivity index (χ1n) is 5.84. The highest BCUT2D eigenvalue weighted by atomic mass is 19.1. The molecule has 0 saturated carbocycles. The van der Waals surface area contributed by atoms with Crippen molar-refractivity contribution < 1.29 is 18.3 Å². The largest absolute Gasteiger partial charge is 0.469 e. The van der Waals surface area contributed by atoms with E-state index in [0.717, 1.165) is 19.0 Å². The molecule has 1 aromatic rings. The van der Waals surface area contributed by atoms with Crippen LogP contribution < -0.4 is 0 Å². The molecule has 3 nitrogen and oxygen atoms in total. The first-order valence-corrected chi connectivity index (χ1v) is 5.84. The van der Waals surface area contributed by atoms with Crippen LogP contribution in [-0.2, 0) is 16.1 Å². The Kier molecular flexibility index (Phi) is 3.91. The quantitative estimate of drug-likeness (QED) is 0.773. The second-order valence-corrected chi connectivity index (χ2v) is 4.48. The molecule has 0 radical (unpaired) electrons. The van der Waals surface area contributed by atoms with Crippen LogP contribution in [0.25, 0.3) is 0 Å². The molecule has 1 fully saturated rings. The molecule has 1 aromatic carbocycles. The molecule has 2 rings (SSSR count). The minimum atomic E-state index is -0.579. The molecular formula is C13H15F2NO2. The average molecular weight is 255 g/mol. The number of rotatable bonds is 3. The van der Waals surface area contributed by atoms with Gasteiger partial charge in [0.2, 0.25) is 0 Å². The van der Waals surface area contributed by atoms with Gasteiger partial charge in [-0.1, -0.05) is 6.07 Å². The highest BCUT2D eigenvalue weighted by Gasteiger charge is 2.29. The first kappa shape index (κ1) is 13.0. The van der Waals surface area contributed by atoms with Crippen LogP contribution in [0.2, 0.25) is 0 Å². The highest BCUT2D eigenvalue weighted by Crippen LogP contribution is 2.21. The number of hydrogen-bond donors (Lipinski definition) is 0. The number of carbonyl (C=O) groups is 1. The van der Waals surface area contributed by atoms with Crippen molar-refractivity contribution >= 4 is 5.97 Å². The van der Waals surface area contributed by atoms with E-state index < -0.39 is 11.6 Å². The number of nitrogens with zero attached hydrogens (tertiary/aromatic N) is 1. The maximum Gasteiger partial charge on any atom is 0.310 e. The van der Waals surface area contributed by atoms with Crippen LogP contribution in [0.4, 0.5) is 8.78 Å². The van der Waals surface area contributed by atoms with Crippen LogP contribution in [0.5, 0.6) is 0 Å². The Labute approximate surface area is 104 Å². The van der Waals surface area contributed by atoms with E-state index in [0.29, 0.717) is 18.7 Å². The zero-order valence-electron chi connectivity index (χ0n) is 10.2. The summed E-state index contributed by atoms with van der Waals surface area (Å²) in [5.41, 5.74) is 0.446. The van der Waals surface area contributed by atoms with Crippen LogP contribution in [0, 0.1) is 17.6 Å². The predicted molar refractivity (Wildman–Crippen MR) is 61.8 cm³/mol. The molecule has 0 aromatic heterocycles. The summed E-state index contributed by atoms with van der Waals surface area (Å²) >= 11 is 0. The Morgan fingerprint density at radius 2 is 2.28 bits per heavy atom. The molecule has 0 amide bonds. The Morgan fingerprint density at radius 1 is 1.50 bits per heavy atom. The molecule has 1 aliphatic rings. The van der Waals surface area contributed by atoms with Crippen molar-refractivity contribution in [1.82, 2.24) is 4.90 Å². The molecule has 98 valence electrons. The summed E-state index contributed by atoms with van der Waals surface area (Å²) in [7, 11) is 1.37. The average Bonchev–Trinajstić information content (AvgIpc) is 2.80. The standard InChI is InChI=1S/C13H15F2NO2/c1-18-13(17)10-4-5-16(8-10)7-9-2-3-11(14)6-12(9)15/h2-3,6,10H,4-5,7-8H2,1H3. The van der Waals surface area contributed by atoms with Gasteiger partial charge in [0.25, 0.3) is 0 Å². The third-order valence-corrected chi connectivity index (χ3v) is 3.22. The molecule has 0 N–H and O–H groups in total. The summed E-state index contributed by atoms with van der Waals surface area (Å²) in [6, 6.07) is 3.56. The first-order chi connectivity index (χ1) is 8.60. The number of ether oxygens (including phenoxy) is 1. The van der Waals surface area contributed by atoms with Gasteiger partial charge >= 0.3 is 5.97 Å². The lowest BCUT2D eigenvalue weighted by molar-refractivity contribution is -0.144. The molecule has 1 saturated heterocycles. The number of likely N-dealkylation sites (tertiary alicyclic amines) is 1. The second kappa shape index (κ2) is 5.44. The lowest BCUT2D eigenvalue weighted by Crippen LogP contribution is -2.24. The monoisotopic (exact) mass is 255 g/mol. The number of benzene rings is 1. The Hall–Kier alpha value is -1.49. The summed E-state index contributed by atoms with van der Waals surface area (Å²) in [6.07, 6.45) is 0.718. The van der Waals surface area contributed by atoms with Gasteiger partial charge in [0, 0.05) is 24.7 Å². The highest BCUT2D eigenvalue weighted by molar-refractivity contribution is 5.72. The van der Waals surface area contributed by atoms with E-state index >= 15 is 0 Å². The van der Waals surface area contributed by atoms with Gasteiger partial charge in [-0.2, -0.15) is 0 Å². The van der Waals surface area contributed by atoms with Crippen molar-refractivity contribution in [2.24, 2.45) is 5.92 Å². The number of hydrogen-bond acceptors (Lipinski definition) is 3. The van der Waals surface area contributed by atoms with E-state index in [4.69, 9.17) is 0 Å². The molecule has 1 unspecified atom stereocenters. The normalized spacial score (nSPS) is 20.1. The second-order valence-electron chi connectivity index (χ2n) is 4.48. The maximum atomic E-state index is 13.5. The van der Waals surface area contributed by atoms with Gasteiger partial charge in [0.05, 0.1) is 13.0 Å². The predicted octanol–water partition coefficient (Wildman–Crippen LogP) is 1.96. The minimum absolute atomic E-state index is 0.140. The summed E-state index contributed by atoms with van der Waals surface area (Å²) in [5.74, 6) is -1.49. The SMILES string of the molecule is COC(=O)C1CCN(Cc2ccc(F)cc2F)C1. The van der Waals surface area contributed by atoms with E-state index in [9.17, 15) is 13.6 Å². The van der Waals surface area contributed by atoms with Crippen molar-refractivity contribution in [2.75, 3.05) is 20.2 Å². The van der Waals surface area contributed by atoms with E-state index in [1.807, 2.05) is 4.90 Å². The maximum absolute atomic E-state index is 13.5. The van der Waals surface area contributed by atoms with Gasteiger partial charge in [0.15, 0.2) is 0 Å². The third-order valence-electron chi connectivity index (χ3n) is 3.22. The fourth-order valence-corrected chi connectivity index (χ4v) is 2.23. The Balaban J connectivity index is 1.97.